The quantitative estimate of drug-likeness (QED) is 0.848. The molecule has 2 N–H and O–H groups in total. The number of amides is 1. The third kappa shape index (κ3) is 4.08. The molecule has 2 aromatic rings. The summed E-state index contributed by atoms with van der Waals surface area (Å²) in [7, 11) is 0. The van der Waals surface area contributed by atoms with Crippen molar-refractivity contribution < 1.29 is 9.53 Å². The minimum Gasteiger partial charge on any atom is -0.484 e. The molecule has 0 spiro atoms. The number of nitrogens with zero attached hydrogens (tertiary/aromatic N) is 2. The molecule has 0 aliphatic carbocycles. The second-order valence-corrected chi connectivity index (χ2v) is 4.43. The smallest absolute Gasteiger partial charge is 0.258 e. The van der Waals surface area contributed by atoms with E-state index in [4.69, 9.17) is 10.00 Å². The van der Waals surface area contributed by atoms with Gasteiger partial charge in [-0.1, -0.05) is 6.92 Å². The molecular formula is C15H16N4O2. The predicted molar refractivity (Wildman–Crippen MR) is 76.4 cm³/mol. The number of carbonyl (C=O) groups excluding carboxylic acids is 1. The van der Waals surface area contributed by atoms with Crippen LogP contribution in [0.4, 0.5) is 0 Å². The van der Waals surface area contributed by atoms with Gasteiger partial charge in [0.25, 0.3) is 5.91 Å². The number of nitrogens with one attached hydrogen (secondary N) is 2. The highest BCUT2D eigenvalue weighted by molar-refractivity contribution is 5.77. The Labute approximate surface area is 122 Å². The average molecular weight is 284 g/mol. The molecule has 0 saturated carbocycles. The highest BCUT2D eigenvalue weighted by atomic mass is 16.5. The first-order valence-electron chi connectivity index (χ1n) is 6.64. The lowest BCUT2D eigenvalue weighted by Gasteiger charge is -2.15. The van der Waals surface area contributed by atoms with Crippen LogP contribution in [-0.2, 0) is 4.79 Å². The summed E-state index contributed by atoms with van der Waals surface area (Å²) in [4.78, 5) is 19.0. The third-order valence-electron chi connectivity index (χ3n) is 2.95. The second-order valence-electron chi connectivity index (χ2n) is 4.43. The van der Waals surface area contributed by atoms with E-state index in [0.717, 1.165) is 12.2 Å². The SMILES string of the molecule is CC[C@@H](NC(=O)COc1ccc(C#N)cc1)c1ncc[nH]1. The summed E-state index contributed by atoms with van der Waals surface area (Å²) in [6.07, 6.45) is 4.10. The van der Waals surface area contributed by atoms with Crippen LogP contribution < -0.4 is 10.1 Å². The minimum absolute atomic E-state index is 0.0802. The van der Waals surface area contributed by atoms with E-state index >= 15 is 0 Å². The molecule has 21 heavy (non-hydrogen) atoms. The van der Waals surface area contributed by atoms with Crippen molar-refractivity contribution in [3.05, 3.63) is 48.0 Å². The summed E-state index contributed by atoms with van der Waals surface area (Å²) < 4.78 is 5.38. The number of imidazole rings is 1. The largest absolute Gasteiger partial charge is 0.484 e. The van der Waals surface area contributed by atoms with Crippen LogP contribution in [-0.4, -0.2) is 22.5 Å². The molecule has 1 aromatic heterocycles. The molecule has 6 nitrogen and oxygen atoms in total. The lowest BCUT2D eigenvalue weighted by Crippen LogP contribution is -2.32. The van der Waals surface area contributed by atoms with Crippen molar-refractivity contribution in [1.29, 1.82) is 5.26 Å². The number of nitriles is 1. The normalized spacial score (nSPS) is 11.4. The zero-order valence-electron chi connectivity index (χ0n) is 11.7. The van der Waals surface area contributed by atoms with Crippen molar-refractivity contribution in [1.82, 2.24) is 15.3 Å². The van der Waals surface area contributed by atoms with Crippen molar-refractivity contribution in [2.24, 2.45) is 0 Å². The summed E-state index contributed by atoms with van der Waals surface area (Å²) in [5.74, 6) is 1.06. The highest BCUT2D eigenvalue weighted by Crippen LogP contribution is 2.13. The first-order valence-corrected chi connectivity index (χ1v) is 6.64. The minimum atomic E-state index is -0.220. The van der Waals surface area contributed by atoms with Gasteiger partial charge in [-0.25, -0.2) is 4.98 Å². The Bertz CT molecular complexity index is 614. The Kier molecular flexibility index (Phi) is 4.94. The molecule has 0 aliphatic heterocycles. The molecule has 1 aromatic carbocycles. The molecule has 2 rings (SSSR count). The molecule has 0 saturated heterocycles. The fourth-order valence-electron chi connectivity index (χ4n) is 1.84. The number of H-pyrrole nitrogens is 1. The third-order valence-corrected chi connectivity index (χ3v) is 2.95. The van der Waals surface area contributed by atoms with Gasteiger partial charge in [-0.3, -0.25) is 4.79 Å². The van der Waals surface area contributed by atoms with Gasteiger partial charge in [0.05, 0.1) is 17.7 Å². The van der Waals surface area contributed by atoms with Crippen LogP contribution in [0.25, 0.3) is 0 Å². The second kappa shape index (κ2) is 7.10. The Balaban J connectivity index is 1.85. The first-order chi connectivity index (χ1) is 10.2. The summed E-state index contributed by atoms with van der Waals surface area (Å²) in [6.45, 7) is 1.89. The van der Waals surface area contributed by atoms with Crippen molar-refractivity contribution in [2.45, 2.75) is 19.4 Å². The van der Waals surface area contributed by atoms with Crippen molar-refractivity contribution in [3.63, 3.8) is 0 Å². The fraction of sp³-hybridized carbons (Fsp3) is 0.267. The number of aromatic amines is 1. The number of hydrogen-bond donors (Lipinski definition) is 2. The van der Waals surface area contributed by atoms with Crippen LogP contribution >= 0.6 is 0 Å². The monoisotopic (exact) mass is 284 g/mol. The van der Waals surface area contributed by atoms with Crippen LogP contribution in [0.2, 0.25) is 0 Å². The molecule has 0 radical (unpaired) electrons. The standard InChI is InChI=1S/C15H16N4O2/c1-2-13(15-17-7-8-18-15)19-14(20)10-21-12-5-3-11(9-16)4-6-12/h3-8,13H,2,10H2,1H3,(H,17,18)(H,19,20)/t13-/m1/s1. The van der Waals surface area contributed by atoms with Crippen LogP contribution in [0, 0.1) is 11.3 Å². The Morgan fingerprint density at radius 2 is 2.24 bits per heavy atom. The van der Waals surface area contributed by atoms with Crippen LogP contribution in [0.1, 0.15) is 30.8 Å². The molecule has 1 amide bonds. The van der Waals surface area contributed by atoms with E-state index in [-0.39, 0.29) is 18.6 Å². The summed E-state index contributed by atoms with van der Waals surface area (Å²) in [5.41, 5.74) is 0.552. The number of rotatable bonds is 6. The Morgan fingerprint density at radius 3 is 2.81 bits per heavy atom. The van der Waals surface area contributed by atoms with Gasteiger partial charge < -0.3 is 15.0 Å². The first kappa shape index (κ1) is 14.6. The number of carbonyl (C=O) groups is 1. The number of ether oxygens (including phenoxy) is 1. The van der Waals surface area contributed by atoms with Gasteiger partial charge in [0.15, 0.2) is 6.61 Å². The Hall–Kier alpha value is -2.81. The molecule has 108 valence electrons. The lowest BCUT2D eigenvalue weighted by atomic mass is 10.2. The van der Waals surface area contributed by atoms with Crippen LogP contribution in [0.5, 0.6) is 5.75 Å². The van der Waals surface area contributed by atoms with Crippen molar-refractivity contribution >= 4 is 5.91 Å². The van der Waals surface area contributed by atoms with Gasteiger partial charge in [0, 0.05) is 12.4 Å². The maximum absolute atomic E-state index is 11.9. The van der Waals surface area contributed by atoms with Gasteiger partial charge in [-0.2, -0.15) is 5.26 Å². The molecule has 6 heteroatoms. The molecule has 1 atom stereocenters. The van der Waals surface area contributed by atoms with E-state index in [1.807, 2.05) is 13.0 Å². The van der Waals surface area contributed by atoms with E-state index in [1.54, 1.807) is 36.7 Å². The van der Waals surface area contributed by atoms with Gasteiger partial charge in [-0.05, 0) is 30.7 Å². The predicted octanol–water partition coefficient (Wildman–Crippen LogP) is 1.93. The maximum Gasteiger partial charge on any atom is 0.258 e. The Morgan fingerprint density at radius 1 is 1.48 bits per heavy atom. The van der Waals surface area contributed by atoms with Crippen LogP contribution in [0.3, 0.4) is 0 Å². The maximum atomic E-state index is 11.9. The van der Waals surface area contributed by atoms with E-state index in [9.17, 15) is 4.79 Å². The van der Waals surface area contributed by atoms with E-state index in [1.165, 1.54) is 0 Å². The molecule has 0 aliphatic rings. The highest BCUT2D eigenvalue weighted by Gasteiger charge is 2.14. The summed E-state index contributed by atoms with van der Waals surface area (Å²) in [5, 5.41) is 11.6. The van der Waals surface area contributed by atoms with Gasteiger partial charge in [0.2, 0.25) is 0 Å². The molecule has 1 heterocycles. The van der Waals surface area contributed by atoms with E-state index in [0.29, 0.717) is 11.3 Å². The van der Waals surface area contributed by atoms with E-state index < -0.39 is 0 Å². The topological polar surface area (TPSA) is 90.8 Å². The number of hydrogen-bond acceptors (Lipinski definition) is 4. The van der Waals surface area contributed by atoms with Crippen molar-refractivity contribution in [3.8, 4) is 11.8 Å². The average Bonchev–Trinajstić information content (AvgIpc) is 3.05. The van der Waals surface area contributed by atoms with Gasteiger partial charge in [-0.15, -0.1) is 0 Å². The van der Waals surface area contributed by atoms with Crippen molar-refractivity contribution in [2.75, 3.05) is 6.61 Å². The van der Waals surface area contributed by atoms with Gasteiger partial charge >= 0.3 is 0 Å². The number of aromatic nitrogens is 2. The lowest BCUT2D eigenvalue weighted by molar-refractivity contribution is -0.123. The number of benzene rings is 1. The summed E-state index contributed by atoms with van der Waals surface area (Å²) in [6, 6.07) is 8.48. The molecule has 0 fully saturated rings. The zero-order chi connectivity index (χ0) is 15.1. The molecule has 0 unspecified atom stereocenters. The van der Waals surface area contributed by atoms with Gasteiger partial charge in [0.1, 0.15) is 11.6 Å². The van der Waals surface area contributed by atoms with Crippen LogP contribution in [0.15, 0.2) is 36.7 Å². The van der Waals surface area contributed by atoms with E-state index in [2.05, 4.69) is 15.3 Å². The fourth-order valence-corrected chi connectivity index (χ4v) is 1.84. The molecular weight excluding hydrogens is 268 g/mol. The summed E-state index contributed by atoms with van der Waals surface area (Å²) >= 11 is 0. The molecule has 0 bridgehead atoms. The zero-order valence-corrected chi connectivity index (χ0v) is 11.7.